The highest BCUT2D eigenvalue weighted by molar-refractivity contribution is 7.11. The van der Waals surface area contributed by atoms with Crippen LogP contribution in [0.3, 0.4) is 0 Å². The second kappa shape index (κ2) is 6.72. The Morgan fingerprint density at radius 3 is 2.63 bits per heavy atom. The number of nitrogens with two attached hydrogens (primary N) is 1. The summed E-state index contributed by atoms with van der Waals surface area (Å²) in [5.74, 6) is 0.170. The number of nitrogens with zero attached hydrogens (tertiary/aromatic N) is 2. The molecule has 3 N–H and O–H groups in total. The largest absolute Gasteiger partial charge is 0.465 e. The number of hydrogen-bond acceptors (Lipinski definition) is 7. The molecule has 0 saturated carbocycles. The summed E-state index contributed by atoms with van der Waals surface area (Å²) >= 11 is 1.19. The smallest absolute Gasteiger partial charge is 0.344 e. The molecule has 6 nitrogen and oxygen atoms in total. The molecule has 0 aliphatic heterocycles. The first-order chi connectivity index (χ1) is 8.86. The molecule has 108 valence electrons. The molecule has 0 fully saturated rings. The molecule has 0 aliphatic carbocycles. The van der Waals surface area contributed by atoms with Crippen LogP contribution in [-0.2, 0) is 4.74 Å². The summed E-state index contributed by atoms with van der Waals surface area (Å²) in [4.78, 5) is 13.8. The maximum Gasteiger partial charge on any atom is 0.344 e. The van der Waals surface area contributed by atoms with Gasteiger partial charge in [0.2, 0.25) is 0 Å². The van der Waals surface area contributed by atoms with E-state index in [1.807, 2.05) is 14.1 Å². The number of carbonyl (C=O) groups is 1. The van der Waals surface area contributed by atoms with Crippen molar-refractivity contribution in [3.8, 4) is 0 Å². The third-order valence-electron chi connectivity index (χ3n) is 2.79. The van der Waals surface area contributed by atoms with E-state index in [4.69, 9.17) is 10.5 Å². The third kappa shape index (κ3) is 4.07. The summed E-state index contributed by atoms with van der Waals surface area (Å²) < 4.78 is 8.76. The number of nitrogen functional groups attached to an aromatic ring is 1. The predicted molar refractivity (Wildman–Crippen MR) is 78.7 cm³/mol. The number of ether oxygens (including phenoxy) is 1. The summed E-state index contributed by atoms with van der Waals surface area (Å²) in [5, 5.41) is 4.02. The lowest BCUT2D eigenvalue weighted by Crippen LogP contribution is -2.36. The van der Waals surface area contributed by atoms with Crippen LogP contribution >= 0.6 is 11.5 Å². The van der Waals surface area contributed by atoms with Gasteiger partial charge in [0, 0.05) is 12.6 Å². The van der Waals surface area contributed by atoms with E-state index < -0.39 is 5.97 Å². The van der Waals surface area contributed by atoms with Gasteiger partial charge in [0.1, 0.15) is 10.6 Å². The fourth-order valence-electron chi connectivity index (χ4n) is 1.69. The predicted octanol–water partition coefficient (Wildman–Crippen LogP) is 1.51. The van der Waals surface area contributed by atoms with Crippen molar-refractivity contribution in [3.63, 3.8) is 0 Å². The first kappa shape index (κ1) is 15.7. The lowest BCUT2D eigenvalue weighted by molar-refractivity contribution is 0.0603. The monoisotopic (exact) mass is 286 g/mol. The third-order valence-corrected chi connectivity index (χ3v) is 3.58. The number of methoxy groups -OCH3 is 1. The molecule has 0 spiro atoms. The van der Waals surface area contributed by atoms with Crippen molar-refractivity contribution >= 4 is 28.3 Å². The Hall–Kier alpha value is -1.34. The Labute approximate surface area is 118 Å². The van der Waals surface area contributed by atoms with E-state index in [0.29, 0.717) is 16.5 Å². The molecular weight excluding hydrogens is 264 g/mol. The van der Waals surface area contributed by atoms with Crippen molar-refractivity contribution in [1.82, 2.24) is 9.27 Å². The zero-order valence-electron chi connectivity index (χ0n) is 12.1. The van der Waals surface area contributed by atoms with Gasteiger partial charge in [-0.15, -0.1) is 0 Å². The minimum absolute atomic E-state index is 0.207. The van der Waals surface area contributed by atoms with Crippen molar-refractivity contribution < 1.29 is 9.53 Å². The summed E-state index contributed by atoms with van der Waals surface area (Å²) in [7, 11) is 5.36. The van der Waals surface area contributed by atoms with Gasteiger partial charge in [0.25, 0.3) is 0 Å². The molecule has 0 bridgehead atoms. The standard InChI is InChI=1S/C12H22N4O2S/c1-7(2)8(6-16(3)4)14-11-9(12(17)18-5)10(13)15-19-11/h7-8,14H,6H2,1-5H3,(H2,13,15). The average Bonchev–Trinajstić information content (AvgIpc) is 2.68. The first-order valence-corrected chi connectivity index (χ1v) is 6.88. The second-order valence-electron chi connectivity index (χ2n) is 5.02. The summed E-state index contributed by atoms with van der Waals surface area (Å²) in [5.41, 5.74) is 6.05. The van der Waals surface area contributed by atoms with Gasteiger partial charge in [0.15, 0.2) is 5.82 Å². The van der Waals surface area contributed by atoms with Crippen LogP contribution in [0.2, 0.25) is 0 Å². The normalized spacial score (nSPS) is 12.8. The van der Waals surface area contributed by atoms with Gasteiger partial charge in [-0.3, -0.25) is 0 Å². The molecule has 7 heteroatoms. The molecule has 0 saturated heterocycles. The highest BCUT2D eigenvalue weighted by atomic mass is 32.1. The number of esters is 1. The van der Waals surface area contributed by atoms with Gasteiger partial charge < -0.3 is 20.7 Å². The number of aromatic nitrogens is 1. The van der Waals surface area contributed by atoms with Gasteiger partial charge in [-0.2, -0.15) is 4.37 Å². The van der Waals surface area contributed by atoms with E-state index >= 15 is 0 Å². The molecule has 19 heavy (non-hydrogen) atoms. The van der Waals surface area contributed by atoms with Crippen LogP contribution in [0.1, 0.15) is 24.2 Å². The second-order valence-corrected chi connectivity index (χ2v) is 5.79. The van der Waals surface area contributed by atoms with E-state index in [1.54, 1.807) is 0 Å². The zero-order valence-corrected chi connectivity index (χ0v) is 12.9. The molecule has 0 amide bonds. The summed E-state index contributed by atoms with van der Waals surface area (Å²) in [6.45, 7) is 5.11. The maximum absolute atomic E-state index is 11.7. The fourth-order valence-corrected chi connectivity index (χ4v) is 2.45. The van der Waals surface area contributed by atoms with Crippen LogP contribution in [0.4, 0.5) is 10.8 Å². The Morgan fingerprint density at radius 2 is 2.16 bits per heavy atom. The van der Waals surface area contributed by atoms with Crippen LogP contribution in [0.15, 0.2) is 0 Å². The van der Waals surface area contributed by atoms with Crippen molar-refractivity contribution in [2.24, 2.45) is 5.92 Å². The average molecular weight is 286 g/mol. The van der Waals surface area contributed by atoms with Gasteiger partial charge in [0.05, 0.1) is 7.11 Å². The van der Waals surface area contributed by atoms with Crippen LogP contribution in [-0.4, -0.2) is 49.0 Å². The number of rotatable bonds is 6. The van der Waals surface area contributed by atoms with E-state index in [1.165, 1.54) is 18.6 Å². The van der Waals surface area contributed by atoms with Gasteiger partial charge in [-0.1, -0.05) is 13.8 Å². The lowest BCUT2D eigenvalue weighted by Gasteiger charge is -2.26. The minimum atomic E-state index is -0.457. The molecule has 1 aromatic heterocycles. The molecule has 1 atom stereocenters. The highest BCUT2D eigenvalue weighted by Gasteiger charge is 2.23. The number of nitrogens with one attached hydrogen (secondary N) is 1. The maximum atomic E-state index is 11.7. The topological polar surface area (TPSA) is 80.5 Å². The van der Waals surface area contributed by atoms with Gasteiger partial charge in [-0.25, -0.2) is 4.79 Å². The van der Waals surface area contributed by atoms with Crippen molar-refractivity contribution in [1.29, 1.82) is 0 Å². The Balaban J connectivity index is 2.94. The summed E-state index contributed by atoms with van der Waals surface area (Å²) in [6, 6.07) is 0.207. The Kier molecular flexibility index (Phi) is 5.56. The molecular formula is C12H22N4O2S. The quantitative estimate of drug-likeness (QED) is 0.772. The van der Waals surface area contributed by atoms with Crippen LogP contribution < -0.4 is 11.1 Å². The highest BCUT2D eigenvalue weighted by Crippen LogP contribution is 2.29. The van der Waals surface area contributed by atoms with Gasteiger partial charge in [-0.05, 0) is 31.5 Å². The summed E-state index contributed by atoms with van der Waals surface area (Å²) in [6.07, 6.45) is 0. The number of anilines is 2. The number of carbonyl (C=O) groups excluding carboxylic acids is 1. The molecule has 0 radical (unpaired) electrons. The molecule has 0 aliphatic rings. The number of likely N-dealkylation sites (N-methyl/N-ethyl adjacent to an activating group) is 1. The lowest BCUT2D eigenvalue weighted by atomic mass is 10.0. The number of hydrogen-bond donors (Lipinski definition) is 2. The van der Waals surface area contributed by atoms with Crippen LogP contribution in [0.5, 0.6) is 0 Å². The molecule has 1 heterocycles. The van der Waals surface area contributed by atoms with Crippen LogP contribution in [0, 0.1) is 5.92 Å². The van der Waals surface area contributed by atoms with Crippen LogP contribution in [0.25, 0.3) is 0 Å². The van der Waals surface area contributed by atoms with E-state index in [2.05, 4.69) is 28.4 Å². The van der Waals surface area contributed by atoms with Crippen molar-refractivity contribution in [2.75, 3.05) is 38.8 Å². The first-order valence-electron chi connectivity index (χ1n) is 6.11. The van der Waals surface area contributed by atoms with E-state index in [-0.39, 0.29) is 11.9 Å². The molecule has 0 aromatic carbocycles. The molecule has 1 rings (SSSR count). The van der Waals surface area contributed by atoms with Crippen molar-refractivity contribution in [3.05, 3.63) is 5.56 Å². The minimum Gasteiger partial charge on any atom is -0.465 e. The molecule has 1 unspecified atom stereocenters. The van der Waals surface area contributed by atoms with E-state index in [9.17, 15) is 4.79 Å². The van der Waals surface area contributed by atoms with E-state index in [0.717, 1.165) is 6.54 Å². The van der Waals surface area contributed by atoms with Crippen molar-refractivity contribution in [2.45, 2.75) is 19.9 Å². The SMILES string of the molecule is COC(=O)c1c(N)nsc1NC(CN(C)C)C(C)C. The fraction of sp³-hybridized carbons (Fsp3) is 0.667. The zero-order chi connectivity index (χ0) is 14.6. The Bertz CT molecular complexity index is 431. The molecule has 1 aromatic rings. The Morgan fingerprint density at radius 1 is 1.53 bits per heavy atom. The van der Waals surface area contributed by atoms with Gasteiger partial charge >= 0.3 is 5.97 Å².